The lowest BCUT2D eigenvalue weighted by Crippen LogP contribution is -2.33. The molecular weight excluding hydrogens is 369 g/mol. The van der Waals surface area contributed by atoms with Gasteiger partial charge in [-0.15, -0.1) is 0 Å². The van der Waals surface area contributed by atoms with Crippen LogP contribution in [0.5, 0.6) is 0 Å². The van der Waals surface area contributed by atoms with Gasteiger partial charge in [0.2, 0.25) is 15.8 Å². The number of methoxy groups -OCH3 is 1. The summed E-state index contributed by atoms with van der Waals surface area (Å²) in [7, 11) is -1.61. The van der Waals surface area contributed by atoms with Crippen molar-refractivity contribution in [1.82, 2.24) is 4.31 Å². The second-order valence-corrected chi connectivity index (χ2v) is 7.19. The van der Waals surface area contributed by atoms with Gasteiger partial charge >= 0.3 is 11.9 Å². The summed E-state index contributed by atoms with van der Waals surface area (Å²) in [6.45, 7) is -0.852. The average molecular weight is 385 g/mol. The van der Waals surface area contributed by atoms with Crippen molar-refractivity contribution in [2.75, 3.05) is 20.7 Å². The number of rotatable bonds is 7. The minimum absolute atomic E-state index is 0.104. The Labute approximate surface area is 149 Å². The lowest BCUT2D eigenvalue weighted by molar-refractivity contribution is -0.144. The molecule has 0 amide bonds. The number of nitrogens with zero attached hydrogens (tertiary/aromatic N) is 1. The molecule has 2 rings (SSSR count). The van der Waals surface area contributed by atoms with Gasteiger partial charge in [0.25, 0.3) is 0 Å². The van der Waals surface area contributed by atoms with Crippen molar-refractivity contribution in [3.05, 3.63) is 53.7 Å². The number of likely N-dealkylation sites (N-methyl/N-ethyl adjacent to an activating group) is 1. The quantitative estimate of drug-likeness (QED) is 0.667. The fraction of sp³-hybridized carbons (Fsp3) is 0.250. The summed E-state index contributed by atoms with van der Waals surface area (Å²) in [5.74, 6) is -2.24. The molecule has 0 bridgehead atoms. The molecule has 0 aliphatic rings. The molecule has 10 heteroatoms. The van der Waals surface area contributed by atoms with Crippen molar-refractivity contribution in [2.45, 2.75) is 11.5 Å². The van der Waals surface area contributed by atoms with Gasteiger partial charge in [-0.3, -0.25) is 4.79 Å². The Morgan fingerprint density at radius 1 is 1.19 bits per heavy atom. The van der Waals surface area contributed by atoms with Gasteiger partial charge in [0.1, 0.15) is 19.0 Å². The fourth-order valence-corrected chi connectivity index (χ4v) is 3.09. The Bertz CT molecular complexity index is 890. The first-order valence-corrected chi connectivity index (χ1v) is 8.72. The molecule has 1 aromatic heterocycles. The second-order valence-electron chi connectivity index (χ2n) is 5.14. The van der Waals surface area contributed by atoms with Crippen LogP contribution >= 0.6 is 0 Å². The van der Waals surface area contributed by atoms with Crippen LogP contribution in [-0.4, -0.2) is 45.4 Å². The molecule has 0 fully saturated rings. The summed E-state index contributed by atoms with van der Waals surface area (Å²) in [6, 6.07) is 5.64. The van der Waals surface area contributed by atoms with Crippen molar-refractivity contribution in [3.63, 3.8) is 0 Å². The summed E-state index contributed by atoms with van der Waals surface area (Å²) in [5.41, 5.74) is 0.286. The van der Waals surface area contributed by atoms with E-state index in [1.807, 2.05) is 0 Å². The van der Waals surface area contributed by atoms with Gasteiger partial charge < -0.3 is 13.9 Å². The number of halogens is 1. The number of esters is 2. The van der Waals surface area contributed by atoms with Gasteiger partial charge in [0.05, 0.1) is 18.3 Å². The number of carbonyl (C=O) groups excluding carboxylic acids is 2. The molecule has 0 aliphatic heterocycles. The molecule has 1 aromatic carbocycles. The van der Waals surface area contributed by atoms with Crippen LogP contribution in [0.4, 0.5) is 4.39 Å². The zero-order valence-corrected chi connectivity index (χ0v) is 14.8. The van der Waals surface area contributed by atoms with E-state index in [0.29, 0.717) is 0 Å². The standard InChI is InChI=1S/C16H16FNO7S/c1-18(26(21,22)13-5-3-12(17)4-6-13)9-14(19)25-10-11-7-8-24-15(11)16(20)23-2/h3-8H,9-10H2,1-2H3. The van der Waals surface area contributed by atoms with Crippen molar-refractivity contribution in [1.29, 1.82) is 0 Å². The minimum Gasteiger partial charge on any atom is -0.463 e. The summed E-state index contributed by atoms with van der Waals surface area (Å²) in [4.78, 5) is 23.2. The summed E-state index contributed by atoms with van der Waals surface area (Å²) >= 11 is 0. The molecule has 0 aliphatic carbocycles. The highest BCUT2D eigenvalue weighted by molar-refractivity contribution is 7.89. The van der Waals surface area contributed by atoms with Crippen molar-refractivity contribution < 1.29 is 36.3 Å². The van der Waals surface area contributed by atoms with Crippen molar-refractivity contribution >= 4 is 22.0 Å². The van der Waals surface area contributed by atoms with Gasteiger partial charge in [-0.05, 0) is 30.3 Å². The highest BCUT2D eigenvalue weighted by Crippen LogP contribution is 2.16. The zero-order chi connectivity index (χ0) is 19.3. The van der Waals surface area contributed by atoms with Crippen LogP contribution in [0.1, 0.15) is 16.1 Å². The van der Waals surface area contributed by atoms with E-state index in [1.165, 1.54) is 26.5 Å². The van der Waals surface area contributed by atoms with Crippen LogP contribution in [0.3, 0.4) is 0 Å². The zero-order valence-electron chi connectivity index (χ0n) is 14.0. The SMILES string of the molecule is COC(=O)c1occc1COC(=O)CN(C)S(=O)(=O)c1ccc(F)cc1. The van der Waals surface area contributed by atoms with Gasteiger partial charge in [-0.1, -0.05) is 0 Å². The van der Waals surface area contributed by atoms with Gasteiger partial charge in [0.15, 0.2) is 0 Å². The third-order valence-corrected chi connectivity index (χ3v) is 5.20. The van der Waals surface area contributed by atoms with E-state index >= 15 is 0 Å². The Hall–Kier alpha value is -2.72. The lowest BCUT2D eigenvalue weighted by atomic mass is 10.2. The van der Waals surface area contributed by atoms with E-state index in [1.54, 1.807) is 0 Å². The second kappa shape index (κ2) is 8.11. The maximum atomic E-state index is 12.9. The molecule has 0 radical (unpaired) electrons. The monoisotopic (exact) mass is 385 g/mol. The maximum Gasteiger partial charge on any atom is 0.374 e. The van der Waals surface area contributed by atoms with Crippen LogP contribution < -0.4 is 0 Å². The van der Waals surface area contributed by atoms with Crippen LogP contribution in [0.2, 0.25) is 0 Å². The normalized spacial score (nSPS) is 11.4. The first kappa shape index (κ1) is 19.6. The highest BCUT2D eigenvalue weighted by Gasteiger charge is 2.24. The molecular formula is C16H16FNO7S. The Kier molecular flexibility index (Phi) is 6.11. The van der Waals surface area contributed by atoms with Gasteiger partial charge in [-0.25, -0.2) is 17.6 Å². The van der Waals surface area contributed by atoms with Gasteiger partial charge in [-0.2, -0.15) is 4.31 Å². The summed E-state index contributed by atoms with van der Waals surface area (Å²) in [6.07, 6.45) is 1.24. The maximum absolute atomic E-state index is 12.9. The number of ether oxygens (including phenoxy) is 2. The third kappa shape index (κ3) is 4.46. The molecule has 0 spiro atoms. The predicted octanol–water partition coefficient (Wildman–Crippen LogP) is 1.57. The fourth-order valence-electron chi connectivity index (χ4n) is 1.98. The number of hydrogen-bond donors (Lipinski definition) is 0. The highest BCUT2D eigenvalue weighted by atomic mass is 32.2. The number of furan rings is 1. The largest absolute Gasteiger partial charge is 0.463 e. The molecule has 0 atom stereocenters. The Balaban J connectivity index is 1.98. The van der Waals surface area contributed by atoms with Crippen LogP contribution in [0.25, 0.3) is 0 Å². The van der Waals surface area contributed by atoms with Crippen LogP contribution in [0.15, 0.2) is 45.9 Å². The number of hydrogen-bond acceptors (Lipinski definition) is 7. The summed E-state index contributed by atoms with van der Waals surface area (Å²) < 4.78 is 52.8. The number of sulfonamides is 1. The van der Waals surface area contributed by atoms with E-state index in [-0.39, 0.29) is 22.8 Å². The molecule has 8 nitrogen and oxygen atoms in total. The molecule has 0 saturated heterocycles. The van der Waals surface area contributed by atoms with Crippen molar-refractivity contribution in [3.8, 4) is 0 Å². The van der Waals surface area contributed by atoms with Crippen LogP contribution in [0, 0.1) is 5.82 Å². The van der Waals surface area contributed by atoms with E-state index in [9.17, 15) is 22.4 Å². The molecule has 0 N–H and O–H groups in total. The van der Waals surface area contributed by atoms with E-state index in [0.717, 1.165) is 28.6 Å². The van der Waals surface area contributed by atoms with Gasteiger partial charge in [0, 0.05) is 12.6 Å². The smallest absolute Gasteiger partial charge is 0.374 e. The molecule has 26 heavy (non-hydrogen) atoms. The molecule has 0 unspecified atom stereocenters. The first-order valence-electron chi connectivity index (χ1n) is 7.28. The molecule has 1 heterocycles. The lowest BCUT2D eigenvalue weighted by Gasteiger charge is -2.16. The third-order valence-electron chi connectivity index (χ3n) is 3.38. The minimum atomic E-state index is -3.98. The van der Waals surface area contributed by atoms with E-state index < -0.39 is 34.3 Å². The summed E-state index contributed by atoms with van der Waals surface area (Å²) in [5, 5.41) is 0. The number of carbonyl (C=O) groups is 2. The first-order chi connectivity index (χ1) is 12.3. The van der Waals surface area contributed by atoms with Crippen LogP contribution in [-0.2, 0) is 30.9 Å². The number of benzene rings is 1. The molecule has 140 valence electrons. The average Bonchev–Trinajstić information content (AvgIpc) is 3.08. The van der Waals surface area contributed by atoms with E-state index in [4.69, 9.17) is 9.15 Å². The Morgan fingerprint density at radius 3 is 2.46 bits per heavy atom. The topological polar surface area (TPSA) is 103 Å². The molecule has 0 saturated carbocycles. The van der Waals surface area contributed by atoms with Crippen molar-refractivity contribution in [2.24, 2.45) is 0 Å². The molecule has 2 aromatic rings. The predicted molar refractivity (Wildman–Crippen MR) is 86.1 cm³/mol. The Morgan fingerprint density at radius 2 is 1.85 bits per heavy atom. The van der Waals surface area contributed by atoms with E-state index in [2.05, 4.69) is 4.74 Å².